The fourth-order valence-corrected chi connectivity index (χ4v) is 6.22. The van der Waals surface area contributed by atoms with Crippen LogP contribution in [0.2, 0.25) is 0 Å². The number of methoxy groups -OCH3 is 2. The van der Waals surface area contributed by atoms with Crippen molar-refractivity contribution in [3.63, 3.8) is 0 Å². The quantitative estimate of drug-likeness (QED) is 0.257. The largest absolute Gasteiger partial charge is 0.492 e. The Hall–Kier alpha value is -3.36. The molecule has 0 aliphatic heterocycles. The third-order valence-electron chi connectivity index (χ3n) is 5.77. The van der Waals surface area contributed by atoms with Crippen molar-refractivity contribution < 1.29 is 27.4 Å². The first-order valence-corrected chi connectivity index (χ1v) is 14.5. The first kappa shape index (κ1) is 28.6. The van der Waals surface area contributed by atoms with Gasteiger partial charge in [-0.25, -0.2) is 13.4 Å². The van der Waals surface area contributed by atoms with Crippen molar-refractivity contribution in [2.24, 2.45) is 0 Å². The number of thiazole rings is 1. The van der Waals surface area contributed by atoms with Crippen LogP contribution >= 0.6 is 11.3 Å². The smallest absolute Gasteiger partial charge is 0.256 e. The number of aromatic nitrogens is 3. The fourth-order valence-electron chi connectivity index (χ4n) is 3.86. The summed E-state index contributed by atoms with van der Waals surface area (Å²) in [6.45, 7) is 5.13. The van der Waals surface area contributed by atoms with Gasteiger partial charge in [-0.3, -0.25) is 4.79 Å². The molecular weight excluding hydrogens is 542 g/mol. The lowest BCUT2D eigenvalue weighted by molar-refractivity contribution is 0.102. The molecule has 0 bridgehead atoms. The maximum Gasteiger partial charge on any atom is 0.256 e. The Labute approximate surface area is 231 Å². The number of fused-ring (bicyclic) bond motifs is 1. The summed E-state index contributed by atoms with van der Waals surface area (Å²) in [5.74, 6) is 0.716. The van der Waals surface area contributed by atoms with Gasteiger partial charge in [-0.2, -0.15) is 14.1 Å². The van der Waals surface area contributed by atoms with E-state index >= 15 is 0 Å². The van der Waals surface area contributed by atoms with Gasteiger partial charge in [0.1, 0.15) is 17.1 Å². The van der Waals surface area contributed by atoms with E-state index in [9.17, 15) is 13.2 Å². The normalized spacial score (nSPS) is 11.8. The number of sulfonamides is 1. The number of para-hydroxylation sites is 1. The van der Waals surface area contributed by atoms with Crippen LogP contribution in [0.15, 0.2) is 53.4 Å². The molecule has 0 aliphatic rings. The average Bonchev–Trinajstić information content (AvgIpc) is 3.52. The Balaban J connectivity index is 1.55. The molecule has 0 saturated heterocycles. The van der Waals surface area contributed by atoms with Gasteiger partial charge in [0.05, 0.1) is 35.1 Å². The van der Waals surface area contributed by atoms with Gasteiger partial charge in [0.2, 0.25) is 15.2 Å². The van der Waals surface area contributed by atoms with Crippen LogP contribution in [0.3, 0.4) is 0 Å². The first-order valence-electron chi connectivity index (χ1n) is 12.3. The predicted molar refractivity (Wildman–Crippen MR) is 150 cm³/mol. The molecule has 0 fully saturated rings. The molecule has 1 N–H and O–H groups in total. The number of ether oxygens (including phenoxy) is 3. The van der Waals surface area contributed by atoms with Crippen molar-refractivity contribution in [2.45, 2.75) is 18.7 Å². The molecule has 39 heavy (non-hydrogen) atoms. The van der Waals surface area contributed by atoms with Gasteiger partial charge >= 0.3 is 0 Å². The summed E-state index contributed by atoms with van der Waals surface area (Å²) in [6, 6.07) is 13.3. The number of hydrogen-bond acceptors (Lipinski definition) is 9. The number of nitrogens with one attached hydrogen (secondary N) is 1. The Morgan fingerprint density at radius 3 is 2.41 bits per heavy atom. The number of benzene rings is 2. The zero-order valence-electron chi connectivity index (χ0n) is 22.2. The Bertz CT molecular complexity index is 1520. The van der Waals surface area contributed by atoms with E-state index in [1.165, 1.54) is 54.1 Å². The van der Waals surface area contributed by atoms with Gasteiger partial charge in [0.15, 0.2) is 0 Å². The molecule has 4 rings (SSSR count). The van der Waals surface area contributed by atoms with Crippen LogP contribution in [0.5, 0.6) is 5.75 Å². The molecule has 0 radical (unpaired) electrons. The monoisotopic (exact) mass is 573 g/mol. The zero-order chi connectivity index (χ0) is 28.0. The van der Waals surface area contributed by atoms with E-state index in [4.69, 9.17) is 19.2 Å². The lowest BCUT2D eigenvalue weighted by Crippen LogP contribution is -2.36. The van der Waals surface area contributed by atoms with Crippen molar-refractivity contribution in [1.29, 1.82) is 0 Å². The molecule has 0 unspecified atom stereocenters. The van der Waals surface area contributed by atoms with Crippen molar-refractivity contribution in [1.82, 2.24) is 19.1 Å². The minimum absolute atomic E-state index is 0.0757. The molecule has 2 aromatic carbocycles. The summed E-state index contributed by atoms with van der Waals surface area (Å²) in [6.07, 6.45) is 0. The van der Waals surface area contributed by atoms with Crippen molar-refractivity contribution >= 4 is 43.3 Å². The molecule has 11 nitrogen and oxygen atoms in total. The summed E-state index contributed by atoms with van der Waals surface area (Å²) in [5.41, 5.74) is 1.72. The number of rotatable bonds is 13. The van der Waals surface area contributed by atoms with E-state index in [1.807, 2.05) is 32.0 Å². The van der Waals surface area contributed by atoms with Crippen LogP contribution in [0, 0.1) is 6.92 Å². The second-order valence-electron chi connectivity index (χ2n) is 8.48. The summed E-state index contributed by atoms with van der Waals surface area (Å²) >= 11 is 1.43. The van der Waals surface area contributed by atoms with Crippen LogP contribution < -0.4 is 10.1 Å². The highest BCUT2D eigenvalue weighted by Gasteiger charge is 2.24. The summed E-state index contributed by atoms with van der Waals surface area (Å²) in [5, 5.41) is 7.97. The summed E-state index contributed by atoms with van der Waals surface area (Å²) in [4.78, 5) is 17.9. The lowest BCUT2D eigenvalue weighted by Gasteiger charge is -2.21. The predicted octanol–water partition coefficient (Wildman–Crippen LogP) is 3.72. The van der Waals surface area contributed by atoms with Crippen molar-refractivity contribution in [3.8, 4) is 10.9 Å². The van der Waals surface area contributed by atoms with Crippen molar-refractivity contribution in [2.75, 3.05) is 52.4 Å². The first-order chi connectivity index (χ1) is 18.8. The maximum absolute atomic E-state index is 13.1. The zero-order valence-corrected chi connectivity index (χ0v) is 23.8. The molecule has 208 valence electrons. The minimum atomic E-state index is -3.80. The maximum atomic E-state index is 13.1. The highest BCUT2D eigenvalue weighted by molar-refractivity contribution is 7.89. The van der Waals surface area contributed by atoms with Gasteiger partial charge in [-0.05, 0) is 50.2 Å². The highest BCUT2D eigenvalue weighted by Crippen LogP contribution is 2.33. The second kappa shape index (κ2) is 12.7. The van der Waals surface area contributed by atoms with E-state index in [2.05, 4.69) is 10.4 Å². The summed E-state index contributed by atoms with van der Waals surface area (Å²) in [7, 11) is -0.775. The van der Waals surface area contributed by atoms with E-state index in [1.54, 1.807) is 10.7 Å². The molecule has 0 saturated carbocycles. The molecule has 1 amide bonds. The van der Waals surface area contributed by atoms with Gasteiger partial charge in [0.25, 0.3) is 5.91 Å². The van der Waals surface area contributed by atoms with Crippen LogP contribution in [0.25, 0.3) is 15.3 Å². The van der Waals surface area contributed by atoms with Gasteiger partial charge in [0, 0.05) is 38.9 Å². The number of carbonyl (C=O) groups excluding carboxylic acids is 1. The van der Waals surface area contributed by atoms with E-state index in [0.717, 1.165) is 10.2 Å². The van der Waals surface area contributed by atoms with E-state index in [-0.39, 0.29) is 31.2 Å². The van der Waals surface area contributed by atoms with Crippen LogP contribution in [0.4, 0.5) is 5.82 Å². The number of amides is 1. The molecule has 0 atom stereocenters. The Kier molecular flexibility index (Phi) is 9.30. The van der Waals surface area contributed by atoms with Crippen LogP contribution in [-0.4, -0.2) is 80.5 Å². The molecule has 0 spiro atoms. The van der Waals surface area contributed by atoms with E-state index < -0.39 is 15.9 Å². The minimum Gasteiger partial charge on any atom is -0.492 e. The van der Waals surface area contributed by atoms with Crippen LogP contribution in [-0.2, 0) is 19.5 Å². The van der Waals surface area contributed by atoms with Crippen LogP contribution in [0.1, 0.15) is 23.0 Å². The SMILES string of the molecule is CCOc1cccc2sc(-n3nc(C)cc3NC(=O)c3ccc(S(=O)(=O)N(CCOC)CCOC)cc3)nc12. The molecule has 2 heterocycles. The number of hydrogen-bond donors (Lipinski definition) is 1. The topological polar surface area (TPSA) is 125 Å². The molecule has 13 heteroatoms. The number of aryl methyl sites for hydroxylation is 1. The highest BCUT2D eigenvalue weighted by atomic mass is 32.2. The fraction of sp³-hybridized carbons (Fsp3) is 0.346. The Morgan fingerprint density at radius 2 is 1.77 bits per heavy atom. The number of anilines is 1. The molecular formula is C26H31N5O6S2. The summed E-state index contributed by atoms with van der Waals surface area (Å²) < 4.78 is 45.9. The molecule has 2 aromatic heterocycles. The molecule has 4 aromatic rings. The lowest BCUT2D eigenvalue weighted by atomic mass is 10.2. The third kappa shape index (κ3) is 6.45. The van der Waals surface area contributed by atoms with Gasteiger partial charge in [-0.1, -0.05) is 17.4 Å². The number of nitrogens with zero attached hydrogens (tertiary/aromatic N) is 4. The standard InChI is InChI=1S/C26H31N5O6S2/c1-5-37-21-7-6-8-22-24(21)28-26(38-22)31-23(17-18(2)29-31)27-25(32)19-9-11-20(12-10-19)39(33,34)30(13-15-35-3)14-16-36-4/h6-12,17H,5,13-16H2,1-4H3,(H,27,32). The van der Waals surface area contributed by atoms with Crippen molar-refractivity contribution in [3.05, 3.63) is 59.8 Å². The molecule has 0 aliphatic carbocycles. The number of carbonyl (C=O) groups is 1. The second-order valence-corrected chi connectivity index (χ2v) is 11.4. The van der Waals surface area contributed by atoms with E-state index in [0.29, 0.717) is 34.6 Å². The van der Waals surface area contributed by atoms with Gasteiger partial charge in [-0.15, -0.1) is 0 Å². The third-order valence-corrected chi connectivity index (χ3v) is 8.68. The van der Waals surface area contributed by atoms with Gasteiger partial charge < -0.3 is 19.5 Å². The Morgan fingerprint density at radius 1 is 1.08 bits per heavy atom. The average molecular weight is 574 g/mol.